The van der Waals surface area contributed by atoms with Crippen molar-refractivity contribution in [3.05, 3.63) is 64.7 Å². The van der Waals surface area contributed by atoms with Crippen LogP contribution in [0, 0.1) is 0 Å². The molecule has 27 heavy (non-hydrogen) atoms. The summed E-state index contributed by atoms with van der Waals surface area (Å²) in [5.41, 5.74) is 3.91. The fourth-order valence-electron chi connectivity index (χ4n) is 2.06. The van der Waals surface area contributed by atoms with Gasteiger partial charge in [-0.3, -0.25) is 9.59 Å². The maximum absolute atomic E-state index is 12.3. The van der Waals surface area contributed by atoms with Gasteiger partial charge >= 0.3 is 12.1 Å². The maximum atomic E-state index is 12.3. The molecule has 0 atom stereocenters. The number of alkyl halides is 3. The minimum absolute atomic E-state index is 0.0307. The molecule has 0 bridgehead atoms. The summed E-state index contributed by atoms with van der Waals surface area (Å²) >= 11 is 5.78. The van der Waals surface area contributed by atoms with E-state index in [0.29, 0.717) is 16.3 Å². The molecule has 9 heteroatoms. The lowest BCUT2D eigenvalue weighted by Gasteiger charge is -2.09. The number of carbonyl (C=O) groups excluding carboxylic acids is 2. The largest absolute Gasteiger partial charge is 0.471 e. The van der Waals surface area contributed by atoms with Gasteiger partial charge in [0.2, 0.25) is 5.91 Å². The summed E-state index contributed by atoms with van der Waals surface area (Å²) in [4.78, 5) is 22.9. The van der Waals surface area contributed by atoms with Crippen molar-refractivity contribution < 1.29 is 22.8 Å². The summed E-state index contributed by atoms with van der Waals surface area (Å²) in [7, 11) is 0. The molecule has 0 unspecified atom stereocenters. The predicted octanol–water partition coefficient (Wildman–Crippen LogP) is 3.92. The van der Waals surface area contributed by atoms with Gasteiger partial charge in [-0.2, -0.15) is 18.3 Å². The Balaban J connectivity index is 2.00. The zero-order valence-corrected chi connectivity index (χ0v) is 14.9. The van der Waals surface area contributed by atoms with E-state index in [9.17, 15) is 22.8 Å². The Morgan fingerprint density at radius 1 is 1.11 bits per heavy atom. The molecule has 0 radical (unpaired) electrons. The van der Waals surface area contributed by atoms with Crippen molar-refractivity contribution in [1.82, 2.24) is 5.43 Å². The summed E-state index contributed by atoms with van der Waals surface area (Å²) in [6, 6.07) is 12.5. The zero-order chi connectivity index (χ0) is 20.0. The molecule has 5 nitrogen and oxygen atoms in total. The standard InChI is InChI=1S/C18H15ClF3N3O2/c1-11(24-25-16(26)9-12-5-7-14(19)8-6-12)13-3-2-4-15(10-13)23-17(27)18(20,21)22/h2-8,10H,9H2,1H3,(H,23,27)(H,25,26)/b24-11+. The minimum Gasteiger partial charge on any atom is -0.318 e. The lowest BCUT2D eigenvalue weighted by atomic mass is 10.1. The number of rotatable bonds is 5. The number of nitrogens with one attached hydrogen (secondary N) is 2. The molecule has 0 fully saturated rings. The van der Waals surface area contributed by atoms with E-state index in [1.807, 2.05) is 0 Å². The summed E-state index contributed by atoms with van der Waals surface area (Å²) in [6.45, 7) is 1.58. The lowest BCUT2D eigenvalue weighted by Crippen LogP contribution is -2.30. The second kappa shape index (κ2) is 8.68. The van der Waals surface area contributed by atoms with Crippen molar-refractivity contribution in [1.29, 1.82) is 0 Å². The molecule has 0 saturated carbocycles. The third-order valence-corrected chi connectivity index (χ3v) is 3.67. The van der Waals surface area contributed by atoms with Gasteiger partial charge in [0.05, 0.1) is 12.1 Å². The van der Waals surface area contributed by atoms with Gasteiger partial charge in [-0.25, -0.2) is 5.43 Å². The summed E-state index contributed by atoms with van der Waals surface area (Å²) in [6.07, 6.45) is -4.88. The molecule has 2 rings (SSSR count). The number of hydrogen-bond acceptors (Lipinski definition) is 3. The molecule has 0 aliphatic carbocycles. The van der Waals surface area contributed by atoms with Crippen LogP contribution in [0.3, 0.4) is 0 Å². The molecule has 0 saturated heterocycles. The second-order valence-electron chi connectivity index (χ2n) is 5.57. The number of nitrogens with zero attached hydrogens (tertiary/aromatic N) is 1. The van der Waals surface area contributed by atoms with Crippen LogP contribution in [0.1, 0.15) is 18.1 Å². The fourth-order valence-corrected chi connectivity index (χ4v) is 2.19. The van der Waals surface area contributed by atoms with Gasteiger partial charge in [0.1, 0.15) is 0 Å². The first-order valence-corrected chi connectivity index (χ1v) is 8.09. The number of amides is 2. The average molecular weight is 398 g/mol. The number of hydrogen-bond donors (Lipinski definition) is 2. The SMILES string of the molecule is C/C(=N\NC(=O)Cc1ccc(Cl)cc1)c1cccc(NC(=O)C(F)(F)F)c1. The minimum atomic E-state index is -4.98. The van der Waals surface area contributed by atoms with Crippen LogP contribution < -0.4 is 10.7 Å². The molecule has 2 aromatic rings. The number of halogens is 4. The second-order valence-corrected chi connectivity index (χ2v) is 6.00. The van der Waals surface area contributed by atoms with E-state index in [2.05, 4.69) is 10.5 Å². The Labute approximate surface area is 158 Å². The van der Waals surface area contributed by atoms with E-state index in [1.54, 1.807) is 42.6 Å². The van der Waals surface area contributed by atoms with Gasteiger partial charge in [0, 0.05) is 10.7 Å². The van der Waals surface area contributed by atoms with Crippen LogP contribution in [-0.4, -0.2) is 23.7 Å². The summed E-state index contributed by atoms with van der Waals surface area (Å²) in [5, 5.41) is 6.26. The number of carbonyl (C=O) groups is 2. The highest BCUT2D eigenvalue weighted by molar-refractivity contribution is 6.30. The highest BCUT2D eigenvalue weighted by Crippen LogP contribution is 2.19. The smallest absolute Gasteiger partial charge is 0.318 e. The van der Waals surface area contributed by atoms with Crippen LogP contribution in [0.5, 0.6) is 0 Å². The Hall–Kier alpha value is -2.87. The molecule has 142 valence electrons. The third kappa shape index (κ3) is 6.41. The van der Waals surface area contributed by atoms with Gasteiger partial charge in [-0.1, -0.05) is 35.9 Å². The first kappa shape index (κ1) is 20.4. The highest BCUT2D eigenvalue weighted by Gasteiger charge is 2.38. The predicted molar refractivity (Wildman–Crippen MR) is 96.6 cm³/mol. The number of anilines is 1. The van der Waals surface area contributed by atoms with E-state index in [1.165, 1.54) is 18.2 Å². The topological polar surface area (TPSA) is 70.6 Å². The van der Waals surface area contributed by atoms with Crippen molar-refractivity contribution in [3.8, 4) is 0 Å². The fraction of sp³-hybridized carbons (Fsp3) is 0.167. The molecule has 2 amide bonds. The normalized spacial score (nSPS) is 11.8. The van der Waals surface area contributed by atoms with Crippen LogP contribution in [0.25, 0.3) is 0 Å². The number of benzene rings is 2. The Morgan fingerprint density at radius 3 is 2.41 bits per heavy atom. The van der Waals surface area contributed by atoms with E-state index in [-0.39, 0.29) is 18.0 Å². The van der Waals surface area contributed by atoms with Crippen molar-refractivity contribution in [2.24, 2.45) is 5.10 Å². The number of hydrazone groups is 1. The average Bonchev–Trinajstić information content (AvgIpc) is 2.61. The molecular weight excluding hydrogens is 383 g/mol. The van der Waals surface area contributed by atoms with Crippen LogP contribution >= 0.6 is 11.6 Å². The van der Waals surface area contributed by atoms with Crippen molar-refractivity contribution in [3.63, 3.8) is 0 Å². The lowest BCUT2D eigenvalue weighted by molar-refractivity contribution is -0.167. The molecule has 0 aromatic heterocycles. The van der Waals surface area contributed by atoms with Crippen LogP contribution in [-0.2, 0) is 16.0 Å². The zero-order valence-electron chi connectivity index (χ0n) is 14.1. The van der Waals surface area contributed by atoms with E-state index >= 15 is 0 Å². The Bertz CT molecular complexity index is 865. The summed E-state index contributed by atoms with van der Waals surface area (Å²) < 4.78 is 36.9. The van der Waals surface area contributed by atoms with Crippen LogP contribution in [0.15, 0.2) is 53.6 Å². The molecule has 0 heterocycles. The monoisotopic (exact) mass is 397 g/mol. The third-order valence-electron chi connectivity index (χ3n) is 3.42. The van der Waals surface area contributed by atoms with Gasteiger partial charge in [-0.15, -0.1) is 0 Å². The molecule has 0 aliphatic rings. The molecule has 2 aromatic carbocycles. The Kier molecular flexibility index (Phi) is 6.57. The highest BCUT2D eigenvalue weighted by atomic mass is 35.5. The quantitative estimate of drug-likeness (QED) is 0.593. The molecule has 0 aliphatic heterocycles. The van der Waals surface area contributed by atoms with E-state index in [4.69, 9.17) is 11.6 Å². The molecule has 0 spiro atoms. The van der Waals surface area contributed by atoms with Crippen molar-refractivity contribution >= 4 is 34.8 Å². The van der Waals surface area contributed by atoms with Crippen molar-refractivity contribution in [2.75, 3.05) is 5.32 Å². The van der Waals surface area contributed by atoms with Gasteiger partial charge in [-0.05, 0) is 42.3 Å². The van der Waals surface area contributed by atoms with Crippen LogP contribution in [0.4, 0.5) is 18.9 Å². The maximum Gasteiger partial charge on any atom is 0.471 e. The van der Waals surface area contributed by atoms with E-state index in [0.717, 1.165) is 5.56 Å². The Morgan fingerprint density at radius 2 is 1.78 bits per heavy atom. The van der Waals surface area contributed by atoms with Crippen molar-refractivity contribution in [2.45, 2.75) is 19.5 Å². The first-order chi connectivity index (χ1) is 12.6. The van der Waals surface area contributed by atoms with E-state index < -0.39 is 12.1 Å². The summed E-state index contributed by atoms with van der Waals surface area (Å²) in [5.74, 6) is -2.43. The first-order valence-electron chi connectivity index (χ1n) is 7.71. The molecular formula is C18H15ClF3N3O2. The van der Waals surface area contributed by atoms with Crippen LogP contribution in [0.2, 0.25) is 5.02 Å². The van der Waals surface area contributed by atoms with Gasteiger partial charge in [0.15, 0.2) is 0 Å². The van der Waals surface area contributed by atoms with Gasteiger partial charge in [0.25, 0.3) is 0 Å². The molecule has 2 N–H and O–H groups in total. The van der Waals surface area contributed by atoms with Gasteiger partial charge < -0.3 is 5.32 Å².